The van der Waals surface area contributed by atoms with Crippen molar-refractivity contribution in [3.63, 3.8) is 0 Å². The van der Waals surface area contributed by atoms with Crippen LogP contribution < -0.4 is 5.73 Å². The first kappa shape index (κ1) is 12.2. The maximum absolute atomic E-state index is 5.53. The third kappa shape index (κ3) is 2.94. The van der Waals surface area contributed by atoms with E-state index in [1.807, 2.05) is 30.3 Å². The minimum absolute atomic E-state index is 0.479. The van der Waals surface area contributed by atoms with Crippen LogP contribution in [0.4, 0.5) is 5.13 Å². The molecular weight excluding hydrogens is 280 g/mol. The largest absolute Gasteiger partial charge is 0.444 e. The molecule has 96 valence electrons. The second kappa shape index (κ2) is 5.41. The highest BCUT2D eigenvalue weighted by molar-refractivity contribution is 8.00. The Hall–Kier alpha value is -1.86. The highest BCUT2D eigenvalue weighted by atomic mass is 32.2. The summed E-state index contributed by atoms with van der Waals surface area (Å²) in [6.07, 6.45) is 1.67. The average Bonchev–Trinajstić information content (AvgIpc) is 3.06. The predicted octanol–water partition coefficient (Wildman–Crippen LogP) is 3.07. The molecule has 5 nitrogen and oxygen atoms in total. The van der Waals surface area contributed by atoms with E-state index >= 15 is 0 Å². The Labute approximate surface area is 117 Å². The first-order valence-electron chi connectivity index (χ1n) is 5.53. The van der Waals surface area contributed by atoms with Gasteiger partial charge in [0.2, 0.25) is 11.0 Å². The molecule has 0 bridgehead atoms. The van der Waals surface area contributed by atoms with Gasteiger partial charge in [0.15, 0.2) is 4.34 Å². The van der Waals surface area contributed by atoms with Gasteiger partial charge in [-0.15, -0.1) is 10.2 Å². The molecule has 0 spiro atoms. The maximum atomic E-state index is 5.53. The molecule has 0 aliphatic heterocycles. The van der Waals surface area contributed by atoms with Crippen molar-refractivity contribution in [2.75, 3.05) is 5.73 Å². The van der Waals surface area contributed by atoms with E-state index in [9.17, 15) is 0 Å². The van der Waals surface area contributed by atoms with Crippen molar-refractivity contribution in [1.29, 1.82) is 0 Å². The summed E-state index contributed by atoms with van der Waals surface area (Å²) in [4.78, 5) is 4.44. The van der Waals surface area contributed by atoms with Crippen LogP contribution in [0.15, 0.2) is 45.4 Å². The number of benzene rings is 1. The van der Waals surface area contributed by atoms with Gasteiger partial charge in [-0.25, -0.2) is 4.98 Å². The van der Waals surface area contributed by atoms with E-state index < -0.39 is 0 Å². The van der Waals surface area contributed by atoms with Crippen molar-refractivity contribution >= 4 is 28.2 Å². The van der Waals surface area contributed by atoms with E-state index in [4.69, 9.17) is 10.2 Å². The molecule has 1 aromatic carbocycles. The van der Waals surface area contributed by atoms with E-state index in [0.717, 1.165) is 15.6 Å². The molecule has 2 heterocycles. The van der Waals surface area contributed by atoms with E-state index in [2.05, 4.69) is 15.2 Å². The van der Waals surface area contributed by atoms with E-state index in [-0.39, 0.29) is 0 Å². The third-order valence-electron chi connectivity index (χ3n) is 2.34. The number of anilines is 1. The van der Waals surface area contributed by atoms with Crippen LogP contribution in [-0.2, 0) is 5.75 Å². The molecule has 0 unspecified atom stereocenters. The Kier molecular flexibility index (Phi) is 3.47. The minimum atomic E-state index is 0.479. The quantitative estimate of drug-likeness (QED) is 0.744. The number of hydrogen-bond acceptors (Lipinski definition) is 7. The van der Waals surface area contributed by atoms with Gasteiger partial charge in [-0.1, -0.05) is 41.3 Å². The van der Waals surface area contributed by atoms with E-state index in [1.165, 1.54) is 11.3 Å². The van der Waals surface area contributed by atoms with Crippen LogP contribution in [0.5, 0.6) is 0 Å². The van der Waals surface area contributed by atoms with Crippen LogP contribution >= 0.6 is 23.1 Å². The second-order valence-corrected chi connectivity index (χ2v) is 5.94. The molecule has 0 aliphatic carbocycles. The number of nitrogens with zero attached hydrogens (tertiary/aromatic N) is 3. The first-order chi connectivity index (χ1) is 9.31. The monoisotopic (exact) mass is 290 g/mol. The van der Waals surface area contributed by atoms with Crippen LogP contribution in [0.1, 0.15) is 5.69 Å². The molecule has 0 atom stereocenters. The average molecular weight is 290 g/mol. The van der Waals surface area contributed by atoms with Crippen LogP contribution in [0.25, 0.3) is 11.5 Å². The second-order valence-electron chi connectivity index (χ2n) is 3.70. The fourth-order valence-electron chi connectivity index (χ4n) is 1.50. The van der Waals surface area contributed by atoms with Gasteiger partial charge in [0.25, 0.3) is 0 Å². The number of nitrogen functional groups attached to an aromatic ring is 1. The fraction of sp³-hybridized carbons (Fsp3) is 0.0833. The van der Waals surface area contributed by atoms with Crippen LogP contribution in [-0.4, -0.2) is 15.2 Å². The van der Waals surface area contributed by atoms with Gasteiger partial charge >= 0.3 is 0 Å². The molecule has 0 fully saturated rings. The van der Waals surface area contributed by atoms with Gasteiger partial charge in [0.1, 0.15) is 6.26 Å². The lowest BCUT2D eigenvalue weighted by molar-refractivity contribution is 0.573. The molecular formula is C12H10N4OS2. The number of thioether (sulfide) groups is 1. The van der Waals surface area contributed by atoms with Crippen LogP contribution in [0.3, 0.4) is 0 Å². The zero-order valence-electron chi connectivity index (χ0n) is 9.81. The molecule has 0 saturated heterocycles. The third-order valence-corrected chi connectivity index (χ3v) is 4.26. The van der Waals surface area contributed by atoms with Crippen molar-refractivity contribution in [3.8, 4) is 11.5 Å². The molecule has 3 rings (SSSR count). The van der Waals surface area contributed by atoms with Gasteiger partial charge in [-0.3, -0.25) is 0 Å². The molecule has 2 N–H and O–H groups in total. The lowest BCUT2D eigenvalue weighted by Crippen LogP contribution is -1.82. The molecule has 0 saturated carbocycles. The Morgan fingerprint density at radius 1 is 1.21 bits per heavy atom. The Bertz CT molecular complexity index is 665. The summed E-state index contributed by atoms with van der Waals surface area (Å²) in [7, 11) is 0. The molecule has 3 aromatic rings. The highest BCUT2D eigenvalue weighted by Crippen LogP contribution is 2.27. The summed E-state index contributed by atoms with van der Waals surface area (Å²) < 4.78 is 6.30. The van der Waals surface area contributed by atoms with Crippen LogP contribution in [0.2, 0.25) is 0 Å². The Balaban J connectivity index is 1.68. The number of oxazole rings is 1. The number of rotatable bonds is 4. The summed E-state index contributed by atoms with van der Waals surface area (Å²) in [5, 5.41) is 8.19. The zero-order valence-corrected chi connectivity index (χ0v) is 11.4. The highest BCUT2D eigenvalue weighted by Gasteiger charge is 2.08. The number of nitrogens with two attached hydrogens (primary N) is 1. The standard InChI is InChI=1S/C12H10N4OS2/c13-11-15-16-12(19-11)18-7-9-6-17-10(14-9)8-4-2-1-3-5-8/h1-6H,7H2,(H2,13,15). The zero-order chi connectivity index (χ0) is 13.1. The van der Waals surface area contributed by atoms with Gasteiger partial charge in [0.05, 0.1) is 5.69 Å². The van der Waals surface area contributed by atoms with Gasteiger partial charge in [-0.05, 0) is 12.1 Å². The summed E-state index contributed by atoms with van der Waals surface area (Å²) >= 11 is 2.92. The SMILES string of the molecule is Nc1nnc(SCc2coc(-c3ccccc3)n2)s1. The maximum Gasteiger partial charge on any atom is 0.226 e. The van der Waals surface area contributed by atoms with Crippen molar-refractivity contribution < 1.29 is 4.42 Å². The lowest BCUT2D eigenvalue weighted by atomic mass is 10.2. The summed E-state index contributed by atoms with van der Waals surface area (Å²) in [6, 6.07) is 9.81. The number of aromatic nitrogens is 3. The van der Waals surface area contributed by atoms with Crippen molar-refractivity contribution in [1.82, 2.24) is 15.2 Å². The van der Waals surface area contributed by atoms with E-state index in [1.54, 1.807) is 18.0 Å². The molecule has 19 heavy (non-hydrogen) atoms. The Morgan fingerprint density at radius 3 is 2.79 bits per heavy atom. The molecule has 0 radical (unpaired) electrons. The Morgan fingerprint density at radius 2 is 2.05 bits per heavy atom. The van der Waals surface area contributed by atoms with Gasteiger partial charge in [0, 0.05) is 11.3 Å². The van der Waals surface area contributed by atoms with E-state index in [0.29, 0.717) is 16.8 Å². The molecule has 2 aromatic heterocycles. The lowest BCUT2D eigenvalue weighted by Gasteiger charge is -1.93. The van der Waals surface area contributed by atoms with Crippen molar-refractivity contribution in [2.24, 2.45) is 0 Å². The predicted molar refractivity (Wildman–Crippen MR) is 75.8 cm³/mol. The molecule has 7 heteroatoms. The summed E-state index contributed by atoms with van der Waals surface area (Å²) in [6.45, 7) is 0. The summed E-state index contributed by atoms with van der Waals surface area (Å²) in [5.74, 6) is 1.32. The molecule has 0 aliphatic rings. The topological polar surface area (TPSA) is 77.8 Å². The van der Waals surface area contributed by atoms with Gasteiger partial charge < -0.3 is 10.2 Å². The van der Waals surface area contributed by atoms with Crippen molar-refractivity contribution in [2.45, 2.75) is 10.1 Å². The summed E-state index contributed by atoms with van der Waals surface area (Å²) in [5.41, 5.74) is 7.37. The van der Waals surface area contributed by atoms with Gasteiger partial charge in [-0.2, -0.15) is 0 Å². The van der Waals surface area contributed by atoms with Crippen LogP contribution in [0, 0.1) is 0 Å². The first-order valence-corrected chi connectivity index (χ1v) is 7.33. The minimum Gasteiger partial charge on any atom is -0.444 e. The smallest absolute Gasteiger partial charge is 0.226 e. The normalized spacial score (nSPS) is 10.7. The van der Waals surface area contributed by atoms with Crippen molar-refractivity contribution in [3.05, 3.63) is 42.3 Å². The molecule has 0 amide bonds. The number of hydrogen-bond donors (Lipinski definition) is 1. The fourth-order valence-corrected chi connectivity index (χ4v) is 3.01.